The monoisotopic (exact) mass is 418 g/mol. The zero-order chi connectivity index (χ0) is 20.1. The van der Waals surface area contributed by atoms with Crippen LogP contribution in [-0.4, -0.2) is 39.8 Å². The normalized spacial score (nSPS) is 15.4. The zero-order valence-electron chi connectivity index (χ0n) is 14.2. The van der Waals surface area contributed by atoms with Crippen LogP contribution < -0.4 is 16.4 Å². The summed E-state index contributed by atoms with van der Waals surface area (Å²) in [5, 5.41) is 9.25. The predicted octanol–water partition coefficient (Wildman–Crippen LogP) is 0.530. The van der Waals surface area contributed by atoms with Crippen molar-refractivity contribution >= 4 is 62.8 Å². The minimum Gasteiger partial charge on any atom is -0.369 e. The fraction of sp³-hybridized carbons (Fsp3) is 0.188. The molecule has 10 nitrogen and oxygen atoms in total. The number of carbonyl (C=O) groups excluding carboxylic acids is 4. The molecule has 0 aromatic carbocycles. The number of rotatable bonds is 7. The SMILES string of the molecule is NC(=O)Cc1csc(NC(=O)Cc2csc(NC(=O)C3C=CC(=O)N=C3)n2)n1. The summed E-state index contributed by atoms with van der Waals surface area (Å²) in [5.74, 6) is -2.25. The van der Waals surface area contributed by atoms with Gasteiger partial charge in [0.05, 0.1) is 30.1 Å². The number of hydrogen-bond donors (Lipinski definition) is 3. The van der Waals surface area contributed by atoms with Gasteiger partial charge in [0, 0.05) is 23.1 Å². The fourth-order valence-corrected chi connectivity index (χ4v) is 3.61. The molecule has 28 heavy (non-hydrogen) atoms. The Morgan fingerprint density at radius 3 is 2.29 bits per heavy atom. The van der Waals surface area contributed by atoms with E-state index in [1.165, 1.54) is 41.0 Å². The molecule has 4 N–H and O–H groups in total. The molecule has 2 aromatic rings. The third kappa shape index (κ3) is 5.37. The maximum Gasteiger partial charge on any atom is 0.269 e. The maximum absolute atomic E-state index is 12.1. The number of aliphatic imine (C=N–C) groups is 1. The van der Waals surface area contributed by atoms with Gasteiger partial charge in [-0.1, -0.05) is 6.08 Å². The average Bonchev–Trinajstić information content (AvgIpc) is 3.24. The van der Waals surface area contributed by atoms with E-state index >= 15 is 0 Å². The summed E-state index contributed by atoms with van der Waals surface area (Å²) < 4.78 is 0. The first-order valence-electron chi connectivity index (χ1n) is 7.93. The second-order valence-electron chi connectivity index (χ2n) is 5.65. The van der Waals surface area contributed by atoms with Crippen molar-refractivity contribution in [2.24, 2.45) is 16.6 Å². The number of nitrogens with two attached hydrogens (primary N) is 1. The molecule has 3 rings (SSSR count). The fourth-order valence-electron chi connectivity index (χ4n) is 2.17. The van der Waals surface area contributed by atoms with Gasteiger partial charge in [-0.25, -0.2) is 15.0 Å². The molecule has 12 heteroatoms. The first-order chi connectivity index (χ1) is 13.4. The van der Waals surface area contributed by atoms with Crippen molar-refractivity contribution in [3.63, 3.8) is 0 Å². The number of dihydropyridines is 1. The Morgan fingerprint density at radius 1 is 1.04 bits per heavy atom. The molecule has 4 amide bonds. The van der Waals surface area contributed by atoms with Crippen LogP contribution in [0.15, 0.2) is 27.9 Å². The molecular weight excluding hydrogens is 404 g/mol. The number of primary amides is 1. The largest absolute Gasteiger partial charge is 0.369 e. The third-order valence-electron chi connectivity index (χ3n) is 3.39. The molecule has 3 heterocycles. The van der Waals surface area contributed by atoms with Crippen LogP contribution in [0.2, 0.25) is 0 Å². The molecule has 0 bridgehead atoms. The number of amides is 4. The van der Waals surface area contributed by atoms with Gasteiger partial charge in [-0.05, 0) is 0 Å². The van der Waals surface area contributed by atoms with Gasteiger partial charge in [0.15, 0.2) is 10.3 Å². The zero-order valence-corrected chi connectivity index (χ0v) is 15.9. The van der Waals surface area contributed by atoms with Crippen molar-refractivity contribution in [2.45, 2.75) is 12.8 Å². The Labute approximate surface area is 166 Å². The first-order valence-corrected chi connectivity index (χ1v) is 9.69. The molecule has 0 saturated carbocycles. The van der Waals surface area contributed by atoms with Crippen molar-refractivity contribution in [1.82, 2.24) is 9.97 Å². The van der Waals surface area contributed by atoms with E-state index in [1.54, 1.807) is 10.8 Å². The highest BCUT2D eigenvalue weighted by Gasteiger charge is 2.18. The number of carbonyl (C=O) groups is 4. The van der Waals surface area contributed by atoms with Gasteiger partial charge in [0.25, 0.3) is 5.91 Å². The quantitative estimate of drug-likeness (QED) is 0.595. The molecule has 1 unspecified atom stereocenters. The van der Waals surface area contributed by atoms with E-state index in [-0.39, 0.29) is 24.7 Å². The Kier molecular flexibility index (Phi) is 6.01. The van der Waals surface area contributed by atoms with Crippen molar-refractivity contribution in [3.05, 3.63) is 34.3 Å². The molecule has 1 atom stereocenters. The molecule has 0 spiro atoms. The number of nitrogens with one attached hydrogen (secondary N) is 2. The van der Waals surface area contributed by atoms with Gasteiger partial charge in [-0.3, -0.25) is 19.2 Å². The van der Waals surface area contributed by atoms with Gasteiger partial charge >= 0.3 is 0 Å². The molecule has 0 saturated heterocycles. The van der Waals surface area contributed by atoms with E-state index in [0.717, 1.165) is 0 Å². The van der Waals surface area contributed by atoms with Crippen molar-refractivity contribution in [1.29, 1.82) is 0 Å². The standard InChI is InChI=1S/C16H14N6O4S2/c17-11(23)3-9-6-27-15(19-9)21-13(25)4-10-7-28-16(20-10)22-14(26)8-1-2-12(24)18-5-8/h1-2,5-8H,3-4H2,(H2,17,23)(H,19,21,25)(H,20,22,26). The summed E-state index contributed by atoms with van der Waals surface area (Å²) >= 11 is 2.37. The molecule has 1 aliphatic heterocycles. The summed E-state index contributed by atoms with van der Waals surface area (Å²) in [6.07, 6.45) is 3.95. The van der Waals surface area contributed by atoms with E-state index in [0.29, 0.717) is 21.7 Å². The van der Waals surface area contributed by atoms with Crippen LogP contribution in [0.1, 0.15) is 11.4 Å². The maximum atomic E-state index is 12.1. The summed E-state index contributed by atoms with van der Waals surface area (Å²) in [6, 6.07) is 0. The summed E-state index contributed by atoms with van der Waals surface area (Å²) in [6.45, 7) is 0. The van der Waals surface area contributed by atoms with E-state index < -0.39 is 17.7 Å². The van der Waals surface area contributed by atoms with Gasteiger partial charge in [-0.2, -0.15) is 0 Å². The van der Waals surface area contributed by atoms with Crippen LogP contribution in [0.4, 0.5) is 10.3 Å². The predicted molar refractivity (Wildman–Crippen MR) is 104 cm³/mol. The summed E-state index contributed by atoms with van der Waals surface area (Å²) in [5.41, 5.74) is 6.08. The van der Waals surface area contributed by atoms with Crippen LogP contribution in [0.3, 0.4) is 0 Å². The first kappa shape index (κ1) is 19.5. The molecular formula is C16H14N6O4S2. The third-order valence-corrected chi connectivity index (χ3v) is 5.00. The van der Waals surface area contributed by atoms with Crippen molar-refractivity contribution in [3.8, 4) is 0 Å². The number of anilines is 2. The Morgan fingerprint density at radius 2 is 1.68 bits per heavy atom. The van der Waals surface area contributed by atoms with Crippen molar-refractivity contribution in [2.75, 3.05) is 10.6 Å². The van der Waals surface area contributed by atoms with Crippen LogP contribution in [0.5, 0.6) is 0 Å². The minimum absolute atomic E-state index is 0.00358. The lowest BCUT2D eigenvalue weighted by molar-refractivity contribution is -0.118. The van der Waals surface area contributed by atoms with Gasteiger partial charge in [-0.15, -0.1) is 22.7 Å². The molecule has 0 radical (unpaired) electrons. The second-order valence-corrected chi connectivity index (χ2v) is 7.36. The van der Waals surface area contributed by atoms with Crippen LogP contribution in [0.25, 0.3) is 0 Å². The van der Waals surface area contributed by atoms with E-state index in [1.807, 2.05) is 0 Å². The van der Waals surface area contributed by atoms with E-state index in [9.17, 15) is 19.2 Å². The van der Waals surface area contributed by atoms with Crippen molar-refractivity contribution < 1.29 is 19.2 Å². The summed E-state index contributed by atoms with van der Waals surface area (Å²) in [7, 11) is 0. The number of thiazole rings is 2. The molecule has 144 valence electrons. The van der Waals surface area contributed by atoms with Crippen LogP contribution >= 0.6 is 22.7 Å². The highest BCUT2D eigenvalue weighted by atomic mass is 32.1. The Bertz CT molecular complexity index is 977. The molecule has 1 aliphatic rings. The van der Waals surface area contributed by atoms with E-state index in [4.69, 9.17) is 5.73 Å². The topological polar surface area (TPSA) is 156 Å². The lowest BCUT2D eigenvalue weighted by atomic mass is 10.1. The molecule has 0 aliphatic carbocycles. The summed E-state index contributed by atoms with van der Waals surface area (Å²) in [4.78, 5) is 57.9. The van der Waals surface area contributed by atoms with Crippen LogP contribution in [-0.2, 0) is 32.0 Å². The smallest absolute Gasteiger partial charge is 0.269 e. The van der Waals surface area contributed by atoms with Gasteiger partial charge in [0.1, 0.15) is 0 Å². The second kappa shape index (κ2) is 8.63. The lowest BCUT2D eigenvalue weighted by Gasteiger charge is -2.08. The minimum atomic E-state index is -0.646. The number of nitrogens with zero attached hydrogens (tertiary/aromatic N) is 3. The lowest BCUT2D eigenvalue weighted by Crippen LogP contribution is -2.24. The van der Waals surface area contributed by atoms with Crippen LogP contribution in [0, 0.1) is 5.92 Å². The molecule has 2 aromatic heterocycles. The van der Waals surface area contributed by atoms with Gasteiger partial charge in [0.2, 0.25) is 17.7 Å². The van der Waals surface area contributed by atoms with E-state index in [2.05, 4.69) is 25.6 Å². The van der Waals surface area contributed by atoms with Gasteiger partial charge < -0.3 is 16.4 Å². The number of hydrogen-bond acceptors (Lipinski definition) is 8. The Hall–Kier alpha value is -3.25. The Balaban J connectivity index is 1.52. The molecule has 0 fully saturated rings. The highest BCUT2D eigenvalue weighted by molar-refractivity contribution is 7.14. The highest BCUT2D eigenvalue weighted by Crippen LogP contribution is 2.19. The average molecular weight is 418 g/mol. The number of aromatic nitrogens is 2.